The van der Waals surface area contributed by atoms with E-state index in [0.717, 1.165) is 26.0 Å². The van der Waals surface area contributed by atoms with E-state index in [4.69, 9.17) is 0 Å². The van der Waals surface area contributed by atoms with Crippen molar-refractivity contribution in [2.75, 3.05) is 0 Å². The van der Waals surface area contributed by atoms with Crippen molar-refractivity contribution in [2.45, 2.75) is 20.1 Å². The zero-order valence-electron chi connectivity index (χ0n) is 10.1. The molecular formula is C11H10FNO6. The summed E-state index contributed by atoms with van der Waals surface area (Å²) >= 11 is 0. The molecule has 0 spiro atoms. The molecule has 7 nitrogen and oxygen atoms in total. The molecule has 1 aromatic rings. The van der Waals surface area contributed by atoms with Gasteiger partial charge in [0.05, 0.1) is 10.5 Å². The van der Waals surface area contributed by atoms with Crippen molar-refractivity contribution in [3.63, 3.8) is 0 Å². The number of benzene rings is 1. The maximum atomic E-state index is 13.8. The van der Waals surface area contributed by atoms with Gasteiger partial charge >= 0.3 is 17.6 Å². The van der Waals surface area contributed by atoms with Crippen molar-refractivity contribution >= 4 is 17.6 Å². The Bertz CT molecular complexity index is 514. The summed E-state index contributed by atoms with van der Waals surface area (Å²) in [5.41, 5.74) is -1.21. The Kier molecular flexibility index (Phi) is 4.51. The second kappa shape index (κ2) is 5.89. The maximum absolute atomic E-state index is 13.8. The van der Waals surface area contributed by atoms with E-state index in [1.807, 2.05) is 0 Å². The summed E-state index contributed by atoms with van der Waals surface area (Å²) in [6, 6.07) is 3.26. The van der Waals surface area contributed by atoms with Crippen LogP contribution in [0.4, 0.5) is 10.1 Å². The number of carbonyl (C=O) groups is 2. The second-order valence-corrected chi connectivity index (χ2v) is 3.49. The molecule has 1 rings (SSSR count). The number of esters is 2. The minimum absolute atomic E-state index is 0.403. The molecule has 0 N–H and O–H groups in total. The van der Waals surface area contributed by atoms with Gasteiger partial charge in [-0.15, -0.1) is 0 Å². The van der Waals surface area contributed by atoms with Crippen LogP contribution in [0, 0.1) is 15.9 Å². The van der Waals surface area contributed by atoms with Gasteiger partial charge < -0.3 is 9.47 Å². The molecule has 0 bridgehead atoms. The molecule has 1 aromatic carbocycles. The zero-order chi connectivity index (χ0) is 14.6. The van der Waals surface area contributed by atoms with Crippen molar-refractivity contribution < 1.29 is 28.4 Å². The van der Waals surface area contributed by atoms with Crippen LogP contribution in [0.5, 0.6) is 0 Å². The molecule has 0 aliphatic carbocycles. The van der Waals surface area contributed by atoms with Gasteiger partial charge in [-0.25, -0.2) is 0 Å². The van der Waals surface area contributed by atoms with Gasteiger partial charge in [0.1, 0.15) is 0 Å². The number of hydrogen-bond donors (Lipinski definition) is 0. The summed E-state index contributed by atoms with van der Waals surface area (Å²) in [5.74, 6) is -2.87. The van der Waals surface area contributed by atoms with Crippen molar-refractivity contribution in [3.05, 3.63) is 39.7 Å². The van der Waals surface area contributed by atoms with Crippen molar-refractivity contribution in [1.82, 2.24) is 0 Å². The predicted octanol–water partition coefficient (Wildman–Crippen LogP) is 1.86. The average molecular weight is 271 g/mol. The van der Waals surface area contributed by atoms with Gasteiger partial charge in [0.2, 0.25) is 5.82 Å². The van der Waals surface area contributed by atoms with Crippen molar-refractivity contribution in [3.8, 4) is 0 Å². The Morgan fingerprint density at radius 1 is 1.26 bits per heavy atom. The fourth-order valence-corrected chi connectivity index (χ4v) is 1.31. The molecule has 0 heterocycles. The molecule has 0 amide bonds. The standard InChI is InChI=1S/C11H10FNO6/c1-6(14)18-11(19-7(2)15)8-4-3-5-9(10(8)12)13(16)17/h3-5,11H,1-2H3. The normalized spacial score (nSPS) is 10.1. The minimum atomic E-state index is -1.66. The van der Waals surface area contributed by atoms with Gasteiger partial charge in [-0.3, -0.25) is 19.7 Å². The Morgan fingerprint density at radius 3 is 2.21 bits per heavy atom. The van der Waals surface area contributed by atoms with Crippen LogP contribution in [-0.2, 0) is 19.1 Å². The molecule has 8 heteroatoms. The molecule has 19 heavy (non-hydrogen) atoms. The average Bonchev–Trinajstić information content (AvgIpc) is 2.26. The second-order valence-electron chi connectivity index (χ2n) is 3.49. The third-order valence-corrected chi connectivity index (χ3v) is 2.00. The van der Waals surface area contributed by atoms with Crippen LogP contribution in [0.1, 0.15) is 25.7 Å². The van der Waals surface area contributed by atoms with E-state index in [1.54, 1.807) is 0 Å². The zero-order valence-corrected chi connectivity index (χ0v) is 10.1. The maximum Gasteiger partial charge on any atom is 0.305 e. The number of ether oxygens (including phenoxy) is 2. The SMILES string of the molecule is CC(=O)OC(OC(C)=O)c1cccc([N+](=O)[O-])c1F. The predicted molar refractivity (Wildman–Crippen MR) is 59.3 cm³/mol. The summed E-state index contributed by atoms with van der Waals surface area (Å²) in [6.45, 7) is 2.07. The van der Waals surface area contributed by atoms with Gasteiger partial charge in [0.15, 0.2) is 0 Å². The Labute approximate surface area is 107 Å². The highest BCUT2D eigenvalue weighted by Crippen LogP contribution is 2.28. The van der Waals surface area contributed by atoms with Gasteiger partial charge in [-0.05, 0) is 6.07 Å². The summed E-state index contributed by atoms with van der Waals surface area (Å²) in [7, 11) is 0. The van der Waals surface area contributed by atoms with E-state index in [9.17, 15) is 24.1 Å². The van der Waals surface area contributed by atoms with Crippen LogP contribution in [0.3, 0.4) is 0 Å². The van der Waals surface area contributed by atoms with Crippen LogP contribution < -0.4 is 0 Å². The number of nitro groups is 1. The van der Waals surface area contributed by atoms with Crippen LogP contribution >= 0.6 is 0 Å². The fourth-order valence-electron chi connectivity index (χ4n) is 1.31. The van der Waals surface area contributed by atoms with Crippen LogP contribution in [0.25, 0.3) is 0 Å². The minimum Gasteiger partial charge on any atom is -0.421 e. The number of rotatable bonds is 4. The van der Waals surface area contributed by atoms with Gasteiger partial charge in [0, 0.05) is 19.9 Å². The number of nitro benzene ring substituents is 1. The molecule has 102 valence electrons. The van der Waals surface area contributed by atoms with E-state index >= 15 is 0 Å². The van der Waals surface area contributed by atoms with E-state index < -0.39 is 40.2 Å². The highest BCUT2D eigenvalue weighted by Gasteiger charge is 2.27. The molecule has 0 aliphatic rings. The van der Waals surface area contributed by atoms with Gasteiger partial charge in [0.25, 0.3) is 6.29 Å². The Balaban J connectivity index is 3.21. The largest absolute Gasteiger partial charge is 0.421 e. The van der Waals surface area contributed by atoms with Crippen molar-refractivity contribution in [2.24, 2.45) is 0 Å². The molecular weight excluding hydrogens is 261 g/mol. The molecule has 0 radical (unpaired) electrons. The first-order valence-electron chi connectivity index (χ1n) is 5.10. The number of nitrogens with zero attached hydrogens (tertiary/aromatic N) is 1. The third kappa shape index (κ3) is 3.73. The van der Waals surface area contributed by atoms with Crippen molar-refractivity contribution in [1.29, 1.82) is 0 Å². The molecule has 0 atom stereocenters. The monoisotopic (exact) mass is 271 g/mol. The van der Waals surface area contributed by atoms with Crippen LogP contribution in [0.15, 0.2) is 18.2 Å². The van der Waals surface area contributed by atoms with Gasteiger partial charge in [-0.1, -0.05) is 6.07 Å². The first-order valence-corrected chi connectivity index (χ1v) is 5.10. The lowest BCUT2D eigenvalue weighted by Gasteiger charge is -2.17. The van der Waals surface area contributed by atoms with E-state index in [1.165, 1.54) is 6.07 Å². The summed E-state index contributed by atoms with van der Waals surface area (Å²) < 4.78 is 23.1. The highest BCUT2D eigenvalue weighted by molar-refractivity contribution is 5.68. The van der Waals surface area contributed by atoms with E-state index in [2.05, 4.69) is 9.47 Å². The number of carbonyl (C=O) groups excluding carboxylic acids is 2. The molecule has 0 saturated carbocycles. The Morgan fingerprint density at radius 2 is 1.79 bits per heavy atom. The number of hydrogen-bond acceptors (Lipinski definition) is 6. The van der Waals surface area contributed by atoms with Crippen LogP contribution in [-0.4, -0.2) is 16.9 Å². The molecule has 0 aliphatic heterocycles. The Hall–Kier alpha value is -2.51. The lowest BCUT2D eigenvalue weighted by molar-refractivity contribution is -0.387. The lowest BCUT2D eigenvalue weighted by Crippen LogP contribution is -2.16. The quantitative estimate of drug-likeness (QED) is 0.359. The van der Waals surface area contributed by atoms with E-state index in [0.29, 0.717) is 0 Å². The first kappa shape index (κ1) is 14.6. The molecule has 0 saturated heterocycles. The third-order valence-electron chi connectivity index (χ3n) is 2.00. The first-order chi connectivity index (χ1) is 8.82. The molecule has 0 unspecified atom stereocenters. The summed E-state index contributed by atoms with van der Waals surface area (Å²) in [6.07, 6.45) is -1.66. The van der Waals surface area contributed by atoms with Crippen LogP contribution in [0.2, 0.25) is 0 Å². The number of halogens is 1. The highest BCUT2D eigenvalue weighted by atomic mass is 19.1. The topological polar surface area (TPSA) is 95.7 Å². The van der Waals surface area contributed by atoms with E-state index in [-0.39, 0.29) is 0 Å². The fraction of sp³-hybridized carbons (Fsp3) is 0.273. The summed E-state index contributed by atoms with van der Waals surface area (Å²) in [5, 5.41) is 10.6. The molecule has 0 aromatic heterocycles. The molecule has 0 fully saturated rings. The summed E-state index contributed by atoms with van der Waals surface area (Å²) in [4.78, 5) is 31.4. The van der Waals surface area contributed by atoms with Gasteiger partial charge in [-0.2, -0.15) is 4.39 Å². The smallest absolute Gasteiger partial charge is 0.305 e. The lowest BCUT2D eigenvalue weighted by atomic mass is 10.1.